The third-order valence-electron chi connectivity index (χ3n) is 1.55. The van der Waals surface area contributed by atoms with Gasteiger partial charge in [0.1, 0.15) is 5.52 Å². The SMILES string of the molecule is O=c1cc(F)[nH]c2cccnc12. The van der Waals surface area contributed by atoms with E-state index in [2.05, 4.69) is 9.97 Å². The molecule has 0 amide bonds. The summed E-state index contributed by atoms with van der Waals surface area (Å²) in [4.78, 5) is 17.3. The van der Waals surface area contributed by atoms with Crippen molar-refractivity contribution in [3.8, 4) is 0 Å². The van der Waals surface area contributed by atoms with Crippen LogP contribution in [0.4, 0.5) is 4.39 Å². The molecule has 3 nitrogen and oxygen atoms in total. The number of nitrogens with one attached hydrogen (secondary N) is 1. The van der Waals surface area contributed by atoms with Crippen molar-refractivity contribution in [3.05, 3.63) is 40.6 Å². The van der Waals surface area contributed by atoms with Gasteiger partial charge in [0, 0.05) is 12.3 Å². The predicted molar refractivity (Wildman–Crippen MR) is 42.3 cm³/mol. The Bertz CT molecular complexity index is 478. The van der Waals surface area contributed by atoms with Gasteiger partial charge >= 0.3 is 0 Å². The molecular weight excluding hydrogens is 159 g/mol. The summed E-state index contributed by atoms with van der Waals surface area (Å²) in [5.41, 5.74) is 0.281. The van der Waals surface area contributed by atoms with Crippen molar-refractivity contribution < 1.29 is 4.39 Å². The number of nitrogens with zero attached hydrogens (tertiary/aromatic N) is 1. The molecular formula is C8H5FN2O. The molecule has 2 aromatic heterocycles. The van der Waals surface area contributed by atoms with E-state index in [9.17, 15) is 9.18 Å². The largest absolute Gasteiger partial charge is 0.330 e. The number of H-pyrrole nitrogens is 1. The molecule has 0 aliphatic carbocycles. The lowest BCUT2D eigenvalue weighted by molar-refractivity contribution is 0.587. The quantitative estimate of drug-likeness (QED) is 0.592. The van der Waals surface area contributed by atoms with Gasteiger partial charge in [0.25, 0.3) is 0 Å². The number of aromatic amines is 1. The van der Waals surface area contributed by atoms with Gasteiger partial charge in [0.2, 0.25) is 5.43 Å². The van der Waals surface area contributed by atoms with Crippen LogP contribution < -0.4 is 5.43 Å². The lowest BCUT2D eigenvalue weighted by Crippen LogP contribution is -2.04. The first-order valence-corrected chi connectivity index (χ1v) is 3.41. The van der Waals surface area contributed by atoms with E-state index in [1.165, 1.54) is 6.20 Å². The van der Waals surface area contributed by atoms with Crippen molar-refractivity contribution in [2.24, 2.45) is 0 Å². The average molecular weight is 164 g/mol. The first-order chi connectivity index (χ1) is 5.77. The molecule has 4 heteroatoms. The number of fused-ring (bicyclic) bond motifs is 1. The first-order valence-electron chi connectivity index (χ1n) is 3.41. The fourth-order valence-corrected chi connectivity index (χ4v) is 1.05. The van der Waals surface area contributed by atoms with Crippen LogP contribution in [0, 0.1) is 5.95 Å². The highest BCUT2D eigenvalue weighted by Gasteiger charge is 2.00. The molecule has 0 saturated heterocycles. The van der Waals surface area contributed by atoms with Crippen LogP contribution in [0.15, 0.2) is 29.2 Å². The summed E-state index contributed by atoms with van der Waals surface area (Å²) in [7, 11) is 0. The molecule has 1 N–H and O–H groups in total. The molecule has 0 saturated carbocycles. The molecule has 0 bridgehead atoms. The van der Waals surface area contributed by atoms with Gasteiger partial charge in [0.15, 0.2) is 5.95 Å². The number of aromatic nitrogens is 2. The zero-order chi connectivity index (χ0) is 8.55. The molecule has 0 fully saturated rings. The highest BCUT2D eigenvalue weighted by atomic mass is 19.1. The molecule has 2 aromatic rings. The highest BCUT2D eigenvalue weighted by molar-refractivity contribution is 5.72. The summed E-state index contributed by atoms with van der Waals surface area (Å²) in [5.74, 6) is -0.638. The van der Waals surface area contributed by atoms with Crippen LogP contribution in [0.3, 0.4) is 0 Å². The van der Waals surface area contributed by atoms with Gasteiger partial charge in [-0.05, 0) is 12.1 Å². The minimum atomic E-state index is -0.638. The van der Waals surface area contributed by atoms with Gasteiger partial charge < -0.3 is 4.98 Å². The van der Waals surface area contributed by atoms with Crippen molar-refractivity contribution in [2.75, 3.05) is 0 Å². The van der Waals surface area contributed by atoms with Crippen LogP contribution >= 0.6 is 0 Å². The molecule has 0 radical (unpaired) electrons. The van der Waals surface area contributed by atoms with Crippen LogP contribution in [0.25, 0.3) is 11.0 Å². The second-order valence-corrected chi connectivity index (χ2v) is 2.38. The van der Waals surface area contributed by atoms with E-state index < -0.39 is 11.4 Å². The van der Waals surface area contributed by atoms with Crippen molar-refractivity contribution >= 4 is 11.0 Å². The number of hydrogen-bond acceptors (Lipinski definition) is 2. The van der Waals surface area contributed by atoms with E-state index in [4.69, 9.17) is 0 Å². The van der Waals surface area contributed by atoms with Crippen molar-refractivity contribution in [3.63, 3.8) is 0 Å². The Kier molecular flexibility index (Phi) is 1.40. The molecule has 60 valence electrons. The smallest absolute Gasteiger partial charge is 0.210 e. The number of rotatable bonds is 0. The normalized spacial score (nSPS) is 10.4. The minimum absolute atomic E-state index is 0.263. The van der Waals surface area contributed by atoms with Crippen LogP contribution in [0.2, 0.25) is 0 Å². The monoisotopic (exact) mass is 164 g/mol. The number of hydrogen-bond donors (Lipinski definition) is 1. The topological polar surface area (TPSA) is 45.8 Å². The highest BCUT2D eigenvalue weighted by Crippen LogP contribution is 2.02. The van der Waals surface area contributed by atoms with Gasteiger partial charge in [-0.15, -0.1) is 0 Å². The van der Waals surface area contributed by atoms with Gasteiger partial charge in [-0.25, -0.2) is 0 Å². The molecule has 0 aliphatic heterocycles. The molecule has 0 atom stereocenters. The summed E-state index contributed by atoms with van der Waals surface area (Å²) in [6.45, 7) is 0. The Hall–Kier alpha value is -1.71. The van der Waals surface area contributed by atoms with Crippen LogP contribution in [-0.2, 0) is 0 Å². The molecule has 0 aromatic carbocycles. The predicted octanol–water partition coefficient (Wildman–Crippen LogP) is 1.06. The maximum Gasteiger partial charge on any atom is 0.210 e. The molecule has 0 unspecified atom stereocenters. The Balaban J connectivity index is 2.99. The summed E-state index contributed by atoms with van der Waals surface area (Å²) in [5, 5.41) is 0. The zero-order valence-corrected chi connectivity index (χ0v) is 6.04. The maximum atomic E-state index is 12.6. The first kappa shape index (κ1) is 6.97. The van der Waals surface area contributed by atoms with Crippen molar-refractivity contribution in [2.45, 2.75) is 0 Å². The molecule has 12 heavy (non-hydrogen) atoms. The fraction of sp³-hybridized carbons (Fsp3) is 0. The van der Waals surface area contributed by atoms with Crippen LogP contribution in [0.1, 0.15) is 0 Å². The summed E-state index contributed by atoms with van der Waals surface area (Å²) >= 11 is 0. The number of pyridine rings is 2. The maximum absolute atomic E-state index is 12.6. The Labute approximate surface area is 66.9 Å². The van der Waals surface area contributed by atoms with Gasteiger partial charge in [-0.1, -0.05) is 0 Å². The van der Waals surface area contributed by atoms with Crippen LogP contribution in [0.5, 0.6) is 0 Å². The third kappa shape index (κ3) is 0.972. The standard InChI is InChI=1S/C8H5FN2O/c9-7-4-6(12)8-5(11-7)2-1-3-10-8/h1-4H,(H,11,12). The third-order valence-corrected chi connectivity index (χ3v) is 1.55. The summed E-state index contributed by atoms with van der Waals surface area (Å²) in [6, 6.07) is 4.12. The second kappa shape index (κ2) is 2.41. The van der Waals surface area contributed by atoms with E-state index in [1.54, 1.807) is 12.1 Å². The van der Waals surface area contributed by atoms with E-state index in [1.807, 2.05) is 0 Å². The van der Waals surface area contributed by atoms with Crippen molar-refractivity contribution in [1.82, 2.24) is 9.97 Å². The van der Waals surface area contributed by atoms with Gasteiger partial charge in [-0.3, -0.25) is 9.78 Å². The zero-order valence-electron chi connectivity index (χ0n) is 6.04. The van der Waals surface area contributed by atoms with E-state index >= 15 is 0 Å². The Morgan fingerprint density at radius 1 is 1.50 bits per heavy atom. The van der Waals surface area contributed by atoms with E-state index in [0.29, 0.717) is 5.52 Å². The second-order valence-electron chi connectivity index (χ2n) is 2.38. The Morgan fingerprint density at radius 3 is 3.17 bits per heavy atom. The van der Waals surface area contributed by atoms with Crippen molar-refractivity contribution in [1.29, 1.82) is 0 Å². The average Bonchev–Trinajstić information content (AvgIpc) is 2.04. The number of halogens is 1. The van der Waals surface area contributed by atoms with Gasteiger partial charge in [0.05, 0.1) is 5.52 Å². The van der Waals surface area contributed by atoms with Gasteiger partial charge in [-0.2, -0.15) is 4.39 Å². The fourth-order valence-electron chi connectivity index (χ4n) is 1.05. The molecule has 0 aliphatic rings. The van der Waals surface area contributed by atoms with Crippen LogP contribution in [-0.4, -0.2) is 9.97 Å². The van der Waals surface area contributed by atoms with E-state index in [0.717, 1.165) is 6.07 Å². The Morgan fingerprint density at radius 2 is 2.33 bits per heavy atom. The summed E-state index contributed by atoms with van der Waals surface area (Å²) < 4.78 is 12.6. The lowest BCUT2D eigenvalue weighted by Gasteiger charge is -1.94. The lowest BCUT2D eigenvalue weighted by atomic mass is 10.3. The molecule has 2 rings (SSSR count). The molecule has 2 heterocycles. The molecule has 0 spiro atoms. The minimum Gasteiger partial charge on any atom is -0.330 e. The summed E-state index contributed by atoms with van der Waals surface area (Å²) in [6.07, 6.45) is 1.50. The van der Waals surface area contributed by atoms with E-state index in [-0.39, 0.29) is 5.52 Å².